The summed E-state index contributed by atoms with van der Waals surface area (Å²) >= 11 is 0. The molecule has 0 heterocycles. The van der Waals surface area contributed by atoms with Gasteiger partial charge < -0.3 is 10.6 Å². The smallest absolute Gasteiger partial charge is 0.0128 e. The van der Waals surface area contributed by atoms with Gasteiger partial charge in [-0.1, -0.05) is 27.2 Å². The lowest BCUT2D eigenvalue weighted by Gasteiger charge is -2.46. The molecule has 2 heteroatoms. The van der Waals surface area contributed by atoms with Gasteiger partial charge in [-0.3, -0.25) is 0 Å². The highest BCUT2D eigenvalue weighted by molar-refractivity contribution is 4.90. The molecule has 2 N–H and O–H groups in total. The molecule has 0 aliphatic heterocycles. The third-order valence-corrected chi connectivity index (χ3v) is 5.83. The van der Waals surface area contributed by atoms with E-state index in [-0.39, 0.29) is 0 Å². The lowest BCUT2D eigenvalue weighted by molar-refractivity contribution is 0.0350. The first-order chi connectivity index (χ1) is 8.99. The van der Waals surface area contributed by atoms with Crippen molar-refractivity contribution in [3.05, 3.63) is 0 Å². The molecule has 2 aliphatic carbocycles. The molecule has 2 nitrogen and oxygen atoms in total. The van der Waals surface area contributed by atoms with E-state index in [1.54, 1.807) is 0 Å². The Morgan fingerprint density at radius 1 is 1.00 bits per heavy atom. The average molecular weight is 266 g/mol. The molecular formula is C17H34N2. The second kappa shape index (κ2) is 6.58. The Morgan fingerprint density at radius 3 is 2.21 bits per heavy atom. The zero-order chi connectivity index (χ0) is 14.0. The zero-order valence-electron chi connectivity index (χ0n) is 13.4. The van der Waals surface area contributed by atoms with Gasteiger partial charge in [0.05, 0.1) is 0 Å². The summed E-state index contributed by atoms with van der Waals surface area (Å²) in [6.07, 6.45) is 9.35. The summed E-state index contributed by atoms with van der Waals surface area (Å²) in [7, 11) is 2.39. The topological polar surface area (TPSA) is 29.3 Å². The maximum absolute atomic E-state index is 6.05. The molecule has 2 aliphatic rings. The van der Waals surface area contributed by atoms with Crippen LogP contribution in [0.15, 0.2) is 0 Å². The fourth-order valence-electron chi connectivity index (χ4n) is 4.40. The van der Waals surface area contributed by atoms with Crippen molar-refractivity contribution in [1.29, 1.82) is 0 Å². The van der Waals surface area contributed by atoms with Gasteiger partial charge in [0.25, 0.3) is 0 Å². The fraction of sp³-hybridized carbons (Fsp3) is 1.00. The van der Waals surface area contributed by atoms with Crippen LogP contribution in [0.1, 0.15) is 65.7 Å². The molecule has 0 aromatic carbocycles. The standard InChI is InChI=1S/C17H34N2/c1-12(2)16-10-5-13(3)11-17(16)19(4)15-8-6-14(18)7-9-15/h12-17H,5-11,18H2,1-4H3. The number of hydrogen-bond donors (Lipinski definition) is 1. The Balaban J connectivity index is 1.99. The molecule has 0 aromatic heterocycles. The summed E-state index contributed by atoms with van der Waals surface area (Å²) < 4.78 is 0. The van der Waals surface area contributed by atoms with Crippen LogP contribution in [-0.2, 0) is 0 Å². The monoisotopic (exact) mass is 266 g/mol. The van der Waals surface area contributed by atoms with Crippen molar-refractivity contribution < 1.29 is 0 Å². The van der Waals surface area contributed by atoms with Gasteiger partial charge in [0.2, 0.25) is 0 Å². The van der Waals surface area contributed by atoms with Gasteiger partial charge in [0.15, 0.2) is 0 Å². The third kappa shape index (κ3) is 3.72. The summed E-state index contributed by atoms with van der Waals surface area (Å²) in [4.78, 5) is 2.74. The van der Waals surface area contributed by atoms with Crippen LogP contribution in [0, 0.1) is 17.8 Å². The average Bonchev–Trinajstić information content (AvgIpc) is 2.38. The van der Waals surface area contributed by atoms with Gasteiger partial charge in [-0.25, -0.2) is 0 Å². The number of hydrogen-bond acceptors (Lipinski definition) is 2. The van der Waals surface area contributed by atoms with Gasteiger partial charge >= 0.3 is 0 Å². The van der Waals surface area contributed by atoms with Gasteiger partial charge in [-0.2, -0.15) is 0 Å². The molecule has 3 atom stereocenters. The van der Waals surface area contributed by atoms with Crippen LogP contribution in [0.25, 0.3) is 0 Å². The summed E-state index contributed by atoms with van der Waals surface area (Å²) in [5.74, 6) is 2.64. The SMILES string of the molecule is CC1CCC(C(C)C)C(N(C)C2CCC(N)CC2)C1. The molecule has 2 rings (SSSR count). The Bertz CT molecular complexity index is 268. The largest absolute Gasteiger partial charge is 0.328 e. The van der Waals surface area contributed by atoms with E-state index in [1.165, 1.54) is 44.9 Å². The van der Waals surface area contributed by atoms with E-state index >= 15 is 0 Å². The van der Waals surface area contributed by atoms with Crippen molar-refractivity contribution in [2.24, 2.45) is 23.5 Å². The van der Waals surface area contributed by atoms with Gasteiger partial charge in [0.1, 0.15) is 0 Å². The minimum atomic E-state index is 0.468. The molecule has 0 radical (unpaired) electrons. The number of nitrogens with zero attached hydrogens (tertiary/aromatic N) is 1. The minimum Gasteiger partial charge on any atom is -0.328 e. The van der Waals surface area contributed by atoms with E-state index in [4.69, 9.17) is 5.73 Å². The van der Waals surface area contributed by atoms with Crippen LogP contribution < -0.4 is 5.73 Å². The molecular weight excluding hydrogens is 232 g/mol. The van der Waals surface area contributed by atoms with Gasteiger partial charge in [-0.15, -0.1) is 0 Å². The summed E-state index contributed by atoms with van der Waals surface area (Å²) in [6, 6.07) is 2.07. The van der Waals surface area contributed by atoms with E-state index in [9.17, 15) is 0 Å². The van der Waals surface area contributed by atoms with Crippen LogP contribution in [0.4, 0.5) is 0 Å². The number of rotatable bonds is 3. The first-order valence-corrected chi connectivity index (χ1v) is 8.46. The molecule has 2 fully saturated rings. The van der Waals surface area contributed by atoms with Crippen LogP contribution in [0.3, 0.4) is 0 Å². The highest BCUT2D eigenvalue weighted by Gasteiger charge is 2.36. The van der Waals surface area contributed by atoms with Crippen LogP contribution in [-0.4, -0.2) is 30.1 Å². The highest BCUT2D eigenvalue weighted by atomic mass is 15.2. The predicted octanol–water partition coefficient (Wildman–Crippen LogP) is 3.65. The molecule has 0 spiro atoms. The molecule has 0 bridgehead atoms. The maximum Gasteiger partial charge on any atom is 0.0128 e. The quantitative estimate of drug-likeness (QED) is 0.845. The Morgan fingerprint density at radius 2 is 1.63 bits per heavy atom. The van der Waals surface area contributed by atoms with E-state index in [0.29, 0.717) is 6.04 Å². The van der Waals surface area contributed by atoms with E-state index in [0.717, 1.165) is 29.8 Å². The molecule has 19 heavy (non-hydrogen) atoms. The Labute approximate surface area is 120 Å². The van der Waals surface area contributed by atoms with Crippen molar-refractivity contribution in [3.8, 4) is 0 Å². The van der Waals surface area contributed by atoms with Crippen molar-refractivity contribution in [3.63, 3.8) is 0 Å². The fourth-order valence-corrected chi connectivity index (χ4v) is 4.40. The molecule has 112 valence electrons. The van der Waals surface area contributed by atoms with Crippen molar-refractivity contribution in [2.75, 3.05) is 7.05 Å². The van der Waals surface area contributed by atoms with E-state index in [1.807, 2.05) is 0 Å². The second-order valence-electron chi connectivity index (χ2n) is 7.63. The molecule has 0 aromatic rings. The molecule has 3 unspecified atom stereocenters. The van der Waals surface area contributed by atoms with Crippen LogP contribution in [0.2, 0.25) is 0 Å². The number of nitrogens with two attached hydrogens (primary N) is 1. The van der Waals surface area contributed by atoms with Crippen LogP contribution in [0.5, 0.6) is 0 Å². The first-order valence-electron chi connectivity index (χ1n) is 8.46. The highest BCUT2D eigenvalue weighted by Crippen LogP contribution is 2.38. The van der Waals surface area contributed by atoms with E-state index in [2.05, 4.69) is 32.7 Å². The minimum absolute atomic E-state index is 0.468. The molecule has 0 amide bonds. The summed E-state index contributed by atoms with van der Waals surface area (Å²) in [5.41, 5.74) is 6.05. The zero-order valence-corrected chi connectivity index (χ0v) is 13.4. The van der Waals surface area contributed by atoms with Gasteiger partial charge in [-0.05, 0) is 63.3 Å². The lowest BCUT2D eigenvalue weighted by atomic mass is 9.72. The Hall–Kier alpha value is -0.0800. The third-order valence-electron chi connectivity index (χ3n) is 5.83. The normalized spacial score (nSPS) is 40.9. The Kier molecular flexibility index (Phi) is 5.30. The van der Waals surface area contributed by atoms with Crippen molar-refractivity contribution >= 4 is 0 Å². The first kappa shape index (κ1) is 15.3. The van der Waals surface area contributed by atoms with Crippen molar-refractivity contribution in [2.45, 2.75) is 83.8 Å². The second-order valence-corrected chi connectivity index (χ2v) is 7.63. The van der Waals surface area contributed by atoms with Crippen LogP contribution >= 0.6 is 0 Å². The molecule has 2 saturated carbocycles. The predicted molar refractivity (Wildman–Crippen MR) is 83.1 cm³/mol. The molecule has 0 saturated heterocycles. The van der Waals surface area contributed by atoms with Crippen molar-refractivity contribution in [1.82, 2.24) is 4.90 Å². The van der Waals surface area contributed by atoms with Gasteiger partial charge in [0, 0.05) is 18.1 Å². The summed E-state index contributed by atoms with van der Waals surface area (Å²) in [6.45, 7) is 7.27. The van der Waals surface area contributed by atoms with E-state index < -0.39 is 0 Å². The maximum atomic E-state index is 6.05. The summed E-state index contributed by atoms with van der Waals surface area (Å²) in [5, 5.41) is 0. The lowest BCUT2D eigenvalue weighted by Crippen LogP contribution is -2.50.